The fourth-order valence-corrected chi connectivity index (χ4v) is 3.89. The number of phenols is 1. The number of para-hydroxylation sites is 2. The van der Waals surface area contributed by atoms with Crippen LogP contribution in [0.2, 0.25) is 5.02 Å². The zero-order chi connectivity index (χ0) is 13.7. The van der Waals surface area contributed by atoms with Crippen molar-refractivity contribution in [1.82, 2.24) is 0 Å². The van der Waals surface area contributed by atoms with E-state index in [-0.39, 0.29) is 5.75 Å². The third-order valence-electron chi connectivity index (χ3n) is 3.52. The van der Waals surface area contributed by atoms with Gasteiger partial charge < -0.3 is 15.7 Å². The molecule has 1 aliphatic heterocycles. The van der Waals surface area contributed by atoms with Gasteiger partial charge in [0, 0.05) is 17.5 Å². The van der Waals surface area contributed by atoms with Crippen LogP contribution in [0.5, 0.6) is 5.75 Å². The van der Waals surface area contributed by atoms with Crippen LogP contribution in [0.1, 0.15) is 5.56 Å². The van der Waals surface area contributed by atoms with Gasteiger partial charge in [-0.05, 0) is 18.2 Å². The number of nitrogens with one attached hydrogen (secondary N) is 2. The van der Waals surface area contributed by atoms with Gasteiger partial charge in [0.05, 0.1) is 26.1 Å². The highest BCUT2D eigenvalue weighted by atomic mass is 35.5. The van der Waals surface area contributed by atoms with Gasteiger partial charge in [0.2, 0.25) is 0 Å². The first-order chi connectivity index (χ1) is 9.74. The maximum Gasteiger partial charge on any atom is 0.152 e. The molecule has 3 nitrogen and oxygen atoms in total. The molecule has 2 aromatic carbocycles. The molecule has 4 rings (SSSR count). The predicted octanol–water partition coefficient (Wildman–Crippen LogP) is 4.93. The molecule has 3 aromatic rings. The molecule has 0 spiro atoms. The summed E-state index contributed by atoms with van der Waals surface area (Å²) in [5, 5.41) is 19.5. The number of fused-ring (bicyclic) bond motifs is 4. The van der Waals surface area contributed by atoms with Crippen molar-refractivity contribution in [2.75, 3.05) is 10.6 Å². The van der Waals surface area contributed by atoms with Gasteiger partial charge in [0.25, 0.3) is 0 Å². The quantitative estimate of drug-likeness (QED) is 0.552. The lowest BCUT2D eigenvalue weighted by molar-refractivity contribution is 0.483. The van der Waals surface area contributed by atoms with Gasteiger partial charge in [-0.1, -0.05) is 29.8 Å². The number of thiophene rings is 1. The Morgan fingerprint density at radius 2 is 1.90 bits per heavy atom. The molecule has 0 saturated heterocycles. The fraction of sp³-hybridized carbons (Fsp3) is 0.0667. The Bertz CT molecular complexity index is 828. The van der Waals surface area contributed by atoms with Gasteiger partial charge in [-0.15, -0.1) is 11.3 Å². The maximum absolute atomic E-state index is 10.1. The van der Waals surface area contributed by atoms with Crippen LogP contribution in [0.15, 0.2) is 36.4 Å². The molecule has 0 fully saturated rings. The van der Waals surface area contributed by atoms with E-state index >= 15 is 0 Å². The Morgan fingerprint density at radius 1 is 1.10 bits per heavy atom. The van der Waals surface area contributed by atoms with Crippen molar-refractivity contribution in [2.45, 2.75) is 6.54 Å². The topological polar surface area (TPSA) is 44.3 Å². The second-order valence-electron chi connectivity index (χ2n) is 4.71. The van der Waals surface area contributed by atoms with Gasteiger partial charge in [-0.2, -0.15) is 0 Å². The second kappa shape index (κ2) is 4.30. The molecule has 0 unspecified atom stereocenters. The number of aromatic hydroxyl groups is 1. The van der Waals surface area contributed by atoms with Crippen molar-refractivity contribution in [3.8, 4) is 5.75 Å². The van der Waals surface area contributed by atoms with E-state index < -0.39 is 0 Å². The molecule has 0 radical (unpaired) electrons. The highest BCUT2D eigenvalue weighted by Gasteiger charge is 2.19. The van der Waals surface area contributed by atoms with Crippen molar-refractivity contribution in [2.24, 2.45) is 0 Å². The lowest BCUT2D eigenvalue weighted by Crippen LogP contribution is -1.96. The van der Waals surface area contributed by atoms with E-state index in [0.29, 0.717) is 5.02 Å². The first-order valence-electron chi connectivity index (χ1n) is 6.27. The minimum absolute atomic E-state index is 0.164. The largest absolute Gasteiger partial charge is 0.505 e. The summed E-state index contributed by atoms with van der Waals surface area (Å²) in [6.07, 6.45) is 0. The summed E-state index contributed by atoms with van der Waals surface area (Å²) in [6, 6.07) is 11.8. The van der Waals surface area contributed by atoms with Crippen molar-refractivity contribution < 1.29 is 5.11 Å². The number of phenolic OH excluding ortho intramolecular Hbond substituents is 1. The molecule has 100 valence electrons. The van der Waals surface area contributed by atoms with E-state index in [2.05, 4.69) is 16.7 Å². The van der Waals surface area contributed by atoms with Crippen LogP contribution in [0, 0.1) is 0 Å². The first-order valence-corrected chi connectivity index (χ1v) is 7.46. The van der Waals surface area contributed by atoms with Crippen molar-refractivity contribution in [3.63, 3.8) is 0 Å². The van der Waals surface area contributed by atoms with Crippen molar-refractivity contribution in [1.29, 1.82) is 0 Å². The second-order valence-corrected chi connectivity index (χ2v) is 6.13. The molecule has 3 N–H and O–H groups in total. The third kappa shape index (κ3) is 1.65. The lowest BCUT2D eigenvalue weighted by Gasteiger charge is -2.07. The molecule has 20 heavy (non-hydrogen) atoms. The van der Waals surface area contributed by atoms with Crippen LogP contribution in [0.3, 0.4) is 0 Å². The Morgan fingerprint density at radius 3 is 2.75 bits per heavy atom. The fourth-order valence-electron chi connectivity index (χ4n) is 2.50. The van der Waals surface area contributed by atoms with Gasteiger partial charge in [0.1, 0.15) is 0 Å². The average Bonchev–Trinajstić information content (AvgIpc) is 2.70. The highest BCUT2D eigenvalue weighted by Crippen LogP contribution is 2.46. The van der Waals surface area contributed by atoms with Crippen molar-refractivity contribution in [3.05, 3.63) is 47.0 Å². The summed E-state index contributed by atoms with van der Waals surface area (Å²) in [6.45, 7) is 0.723. The summed E-state index contributed by atoms with van der Waals surface area (Å²) >= 11 is 7.52. The normalized spacial score (nSPS) is 13.1. The summed E-state index contributed by atoms with van der Waals surface area (Å²) in [5.74, 6) is 0.164. The predicted molar refractivity (Wildman–Crippen MR) is 85.6 cm³/mol. The van der Waals surface area contributed by atoms with Crippen LogP contribution in [-0.4, -0.2) is 5.11 Å². The molecule has 2 heterocycles. The van der Waals surface area contributed by atoms with Gasteiger partial charge in [-0.3, -0.25) is 0 Å². The Kier molecular flexibility index (Phi) is 2.55. The minimum atomic E-state index is 0.164. The van der Waals surface area contributed by atoms with E-state index in [9.17, 15) is 5.11 Å². The summed E-state index contributed by atoms with van der Waals surface area (Å²) in [7, 11) is 0. The SMILES string of the molecule is Oc1c(Cl)ccc2c3c(sc12)Nc1ccccc1NC3. The first kappa shape index (κ1) is 11.9. The van der Waals surface area contributed by atoms with E-state index in [1.165, 1.54) is 11.3 Å². The highest BCUT2D eigenvalue weighted by molar-refractivity contribution is 7.23. The van der Waals surface area contributed by atoms with Crippen LogP contribution in [0.25, 0.3) is 10.1 Å². The molecule has 0 bridgehead atoms. The molecule has 0 amide bonds. The van der Waals surface area contributed by atoms with Gasteiger partial charge >= 0.3 is 0 Å². The molecule has 1 aliphatic rings. The summed E-state index contributed by atoms with van der Waals surface area (Å²) < 4.78 is 0.830. The molecule has 0 aliphatic carbocycles. The Hall–Kier alpha value is -1.91. The van der Waals surface area contributed by atoms with E-state index in [4.69, 9.17) is 11.6 Å². The monoisotopic (exact) mass is 302 g/mol. The minimum Gasteiger partial charge on any atom is -0.505 e. The van der Waals surface area contributed by atoms with Gasteiger partial charge in [-0.25, -0.2) is 0 Å². The van der Waals surface area contributed by atoms with Gasteiger partial charge in [0.15, 0.2) is 5.75 Å². The standard InChI is InChI=1S/C15H11ClN2OS/c16-10-6-5-8-9-7-17-11-3-1-2-4-12(11)18-15(9)20-14(8)13(10)19/h1-6,17-19H,7H2. The van der Waals surface area contributed by atoms with Crippen LogP contribution < -0.4 is 10.6 Å². The van der Waals surface area contributed by atoms with Crippen LogP contribution in [0.4, 0.5) is 16.4 Å². The summed E-state index contributed by atoms with van der Waals surface area (Å²) in [5.41, 5.74) is 3.29. The molecule has 0 saturated carbocycles. The number of anilines is 3. The van der Waals surface area contributed by atoms with E-state index in [1.807, 2.05) is 24.3 Å². The van der Waals surface area contributed by atoms with E-state index in [1.54, 1.807) is 6.07 Å². The zero-order valence-electron chi connectivity index (χ0n) is 10.4. The molecular formula is C15H11ClN2OS. The third-order valence-corrected chi connectivity index (χ3v) is 4.99. The van der Waals surface area contributed by atoms with Crippen LogP contribution >= 0.6 is 22.9 Å². The number of halogens is 1. The number of hydrogen-bond acceptors (Lipinski definition) is 4. The molecular weight excluding hydrogens is 292 g/mol. The van der Waals surface area contributed by atoms with Crippen LogP contribution in [-0.2, 0) is 6.54 Å². The molecule has 1 aromatic heterocycles. The number of hydrogen-bond donors (Lipinski definition) is 3. The number of rotatable bonds is 0. The maximum atomic E-state index is 10.1. The molecule has 5 heteroatoms. The zero-order valence-corrected chi connectivity index (χ0v) is 12.0. The number of benzene rings is 2. The molecule has 0 atom stereocenters. The Balaban J connectivity index is 1.94. The van der Waals surface area contributed by atoms with E-state index in [0.717, 1.165) is 38.6 Å². The van der Waals surface area contributed by atoms with Crippen molar-refractivity contribution >= 4 is 49.4 Å². The summed E-state index contributed by atoms with van der Waals surface area (Å²) in [4.78, 5) is 0. The lowest BCUT2D eigenvalue weighted by atomic mass is 10.1. The average molecular weight is 303 g/mol. The Labute approximate surface area is 124 Å². The smallest absolute Gasteiger partial charge is 0.152 e.